The lowest BCUT2D eigenvalue weighted by molar-refractivity contribution is 0.102. The molecule has 3 rings (SSSR count). The second kappa shape index (κ2) is 10.7. The third-order valence-corrected chi connectivity index (χ3v) is 6.79. The molecule has 0 saturated carbocycles. The van der Waals surface area contributed by atoms with Gasteiger partial charge in [-0.3, -0.25) is 9.10 Å². The summed E-state index contributed by atoms with van der Waals surface area (Å²) in [5, 5.41) is 11.3. The fourth-order valence-electron chi connectivity index (χ4n) is 2.97. The Morgan fingerprint density at radius 1 is 1.12 bits per heavy atom. The van der Waals surface area contributed by atoms with Crippen LogP contribution >= 0.6 is 11.6 Å². The summed E-state index contributed by atoms with van der Waals surface area (Å²) in [4.78, 5) is 12.6. The molecule has 0 unspecified atom stereocenters. The summed E-state index contributed by atoms with van der Waals surface area (Å²) < 4.78 is 33.2. The number of hydrogen-bond acceptors (Lipinski definition) is 5. The van der Waals surface area contributed by atoms with Crippen LogP contribution in [-0.4, -0.2) is 27.5 Å². The fraction of sp³-hybridized carbons (Fsp3) is 0.0833. The molecule has 0 aromatic heterocycles. The van der Waals surface area contributed by atoms with Crippen molar-refractivity contribution in [2.75, 3.05) is 22.8 Å². The number of amides is 1. The van der Waals surface area contributed by atoms with Gasteiger partial charge in [0.25, 0.3) is 15.9 Å². The van der Waals surface area contributed by atoms with Gasteiger partial charge < -0.3 is 10.1 Å². The van der Waals surface area contributed by atoms with Crippen LogP contribution in [0.25, 0.3) is 0 Å². The number of sulfonamides is 1. The lowest BCUT2D eigenvalue weighted by atomic mass is 10.2. The molecular weight excluding hydrogens is 462 g/mol. The van der Waals surface area contributed by atoms with Crippen LogP contribution in [0.2, 0.25) is 5.02 Å². The molecule has 0 aliphatic heterocycles. The molecule has 0 bridgehead atoms. The van der Waals surface area contributed by atoms with E-state index in [0.29, 0.717) is 17.1 Å². The van der Waals surface area contributed by atoms with E-state index in [1.165, 1.54) is 28.6 Å². The van der Waals surface area contributed by atoms with Crippen molar-refractivity contribution in [3.05, 3.63) is 96.0 Å². The van der Waals surface area contributed by atoms with Crippen molar-refractivity contribution in [1.82, 2.24) is 0 Å². The summed E-state index contributed by atoms with van der Waals surface area (Å²) in [6.45, 7) is 3.59. The zero-order chi connectivity index (χ0) is 23.8. The van der Waals surface area contributed by atoms with E-state index in [1.807, 2.05) is 6.07 Å². The number of para-hydroxylation sites is 1. The van der Waals surface area contributed by atoms with Crippen molar-refractivity contribution in [3.63, 3.8) is 0 Å². The summed E-state index contributed by atoms with van der Waals surface area (Å²) >= 11 is 6.24. The maximum absolute atomic E-state index is 13.4. The SMILES string of the molecule is C=CCN(c1ccccc1)S(=O)(=O)c1cc(C(=O)Nc2ccc(OCC#N)cc2)ccc1Cl. The Bertz CT molecular complexity index is 1290. The van der Waals surface area contributed by atoms with Crippen LogP contribution in [0.3, 0.4) is 0 Å². The number of halogens is 1. The number of nitrogens with zero attached hydrogens (tertiary/aromatic N) is 2. The molecule has 0 spiro atoms. The fourth-order valence-corrected chi connectivity index (χ4v) is 4.91. The minimum atomic E-state index is -4.08. The Labute approximate surface area is 197 Å². The number of nitriles is 1. The number of nitrogens with one attached hydrogen (secondary N) is 1. The second-order valence-corrected chi connectivity index (χ2v) is 8.97. The van der Waals surface area contributed by atoms with Gasteiger partial charge in [0.1, 0.15) is 16.7 Å². The van der Waals surface area contributed by atoms with Crippen LogP contribution in [0.15, 0.2) is 90.3 Å². The number of carbonyl (C=O) groups is 1. The quantitative estimate of drug-likeness (QED) is 0.439. The van der Waals surface area contributed by atoms with Gasteiger partial charge in [0.05, 0.1) is 17.3 Å². The number of hydrogen-bond donors (Lipinski definition) is 1. The third kappa shape index (κ3) is 5.71. The van der Waals surface area contributed by atoms with Gasteiger partial charge in [-0.05, 0) is 54.6 Å². The summed E-state index contributed by atoms with van der Waals surface area (Å²) in [6.07, 6.45) is 1.47. The minimum Gasteiger partial charge on any atom is -0.479 e. The van der Waals surface area contributed by atoms with Gasteiger partial charge in [0, 0.05) is 11.3 Å². The van der Waals surface area contributed by atoms with E-state index in [1.54, 1.807) is 54.6 Å². The topological polar surface area (TPSA) is 99.5 Å². The highest BCUT2D eigenvalue weighted by Gasteiger charge is 2.27. The normalized spacial score (nSPS) is 10.7. The number of anilines is 2. The number of carbonyl (C=O) groups excluding carboxylic acids is 1. The van der Waals surface area contributed by atoms with Gasteiger partial charge in [0.2, 0.25) is 0 Å². The second-order valence-electron chi connectivity index (χ2n) is 6.73. The van der Waals surface area contributed by atoms with Gasteiger partial charge in [-0.1, -0.05) is 35.9 Å². The first-order valence-corrected chi connectivity index (χ1v) is 11.6. The molecule has 3 aromatic rings. The molecule has 1 N–H and O–H groups in total. The summed E-state index contributed by atoms with van der Waals surface area (Å²) in [5.74, 6) is -0.0264. The first kappa shape index (κ1) is 23.9. The summed E-state index contributed by atoms with van der Waals surface area (Å²) in [7, 11) is -4.08. The van der Waals surface area contributed by atoms with Crippen molar-refractivity contribution in [2.24, 2.45) is 0 Å². The average Bonchev–Trinajstić information content (AvgIpc) is 2.82. The Morgan fingerprint density at radius 2 is 1.82 bits per heavy atom. The van der Waals surface area contributed by atoms with E-state index in [-0.39, 0.29) is 28.6 Å². The smallest absolute Gasteiger partial charge is 0.266 e. The zero-order valence-electron chi connectivity index (χ0n) is 17.4. The van der Waals surface area contributed by atoms with E-state index in [9.17, 15) is 13.2 Å². The Balaban J connectivity index is 1.88. The van der Waals surface area contributed by atoms with Crippen molar-refractivity contribution >= 4 is 38.9 Å². The largest absolute Gasteiger partial charge is 0.479 e. The van der Waals surface area contributed by atoms with E-state index in [2.05, 4.69) is 11.9 Å². The van der Waals surface area contributed by atoms with Gasteiger partial charge in [-0.25, -0.2) is 8.42 Å². The van der Waals surface area contributed by atoms with E-state index in [0.717, 1.165) is 0 Å². The molecule has 0 saturated heterocycles. The first-order chi connectivity index (χ1) is 15.9. The molecule has 0 atom stereocenters. The molecule has 1 amide bonds. The molecule has 0 aliphatic carbocycles. The van der Waals surface area contributed by atoms with Gasteiger partial charge in [-0.2, -0.15) is 5.26 Å². The first-order valence-electron chi connectivity index (χ1n) is 9.76. The maximum atomic E-state index is 13.4. The third-order valence-electron chi connectivity index (χ3n) is 4.52. The molecule has 0 fully saturated rings. The predicted octanol–water partition coefficient (Wildman–Crippen LogP) is 4.88. The van der Waals surface area contributed by atoms with Crippen LogP contribution in [0.1, 0.15) is 10.4 Å². The molecular formula is C24H20ClN3O4S. The molecule has 0 radical (unpaired) electrons. The van der Waals surface area contributed by atoms with Crippen molar-refractivity contribution in [3.8, 4) is 11.8 Å². The van der Waals surface area contributed by atoms with Crippen LogP contribution in [0.5, 0.6) is 5.75 Å². The molecule has 3 aromatic carbocycles. The lowest BCUT2D eigenvalue weighted by Crippen LogP contribution is -2.31. The number of rotatable bonds is 9. The van der Waals surface area contributed by atoms with Crippen molar-refractivity contribution < 1.29 is 17.9 Å². The van der Waals surface area contributed by atoms with Gasteiger partial charge >= 0.3 is 0 Å². The van der Waals surface area contributed by atoms with Gasteiger partial charge in [-0.15, -0.1) is 6.58 Å². The van der Waals surface area contributed by atoms with Crippen LogP contribution in [0, 0.1) is 11.3 Å². The molecule has 0 heterocycles. The van der Waals surface area contributed by atoms with Crippen molar-refractivity contribution in [1.29, 1.82) is 5.26 Å². The number of ether oxygens (including phenoxy) is 1. The molecule has 0 aliphatic rings. The van der Waals surface area contributed by atoms with Crippen LogP contribution in [-0.2, 0) is 10.0 Å². The molecule has 9 heteroatoms. The Kier molecular flexibility index (Phi) is 7.72. The number of benzene rings is 3. The highest BCUT2D eigenvalue weighted by atomic mass is 35.5. The molecule has 7 nitrogen and oxygen atoms in total. The summed E-state index contributed by atoms with van der Waals surface area (Å²) in [6, 6.07) is 20.9. The summed E-state index contributed by atoms with van der Waals surface area (Å²) in [5.41, 5.74) is 1.04. The minimum absolute atomic E-state index is 0.00413. The molecule has 33 heavy (non-hydrogen) atoms. The van der Waals surface area contributed by atoms with Crippen LogP contribution in [0.4, 0.5) is 11.4 Å². The highest BCUT2D eigenvalue weighted by Crippen LogP contribution is 2.29. The Hall–Kier alpha value is -3.80. The van der Waals surface area contributed by atoms with E-state index in [4.69, 9.17) is 21.6 Å². The monoisotopic (exact) mass is 481 g/mol. The average molecular weight is 482 g/mol. The zero-order valence-corrected chi connectivity index (χ0v) is 19.0. The highest BCUT2D eigenvalue weighted by molar-refractivity contribution is 7.93. The predicted molar refractivity (Wildman–Crippen MR) is 128 cm³/mol. The maximum Gasteiger partial charge on any atom is 0.266 e. The molecule has 168 valence electrons. The standard InChI is InChI=1S/C24H20ClN3O4S/c1-2-15-28(20-6-4-3-5-7-20)33(30,31)23-17-18(8-13-22(23)25)24(29)27-19-9-11-21(12-10-19)32-16-14-26/h2-13,17H,1,15-16H2,(H,27,29). The Morgan fingerprint density at radius 3 is 2.45 bits per heavy atom. The lowest BCUT2D eigenvalue weighted by Gasteiger charge is -2.24. The van der Waals surface area contributed by atoms with Crippen molar-refractivity contribution in [2.45, 2.75) is 4.90 Å². The van der Waals surface area contributed by atoms with E-state index < -0.39 is 15.9 Å². The van der Waals surface area contributed by atoms with Gasteiger partial charge in [0.15, 0.2) is 6.61 Å². The van der Waals surface area contributed by atoms with Crippen LogP contribution < -0.4 is 14.4 Å². The van der Waals surface area contributed by atoms with E-state index >= 15 is 0 Å².